The van der Waals surface area contributed by atoms with Crippen molar-refractivity contribution < 1.29 is 9.53 Å². The predicted molar refractivity (Wildman–Crippen MR) is 105 cm³/mol. The van der Waals surface area contributed by atoms with E-state index in [4.69, 9.17) is 16.3 Å². The second kappa shape index (κ2) is 6.65. The summed E-state index contributed by atoms with van der Waals surface area (Å²) < 4.78 is 6.39. The highest BCUT2D eigenvalue weighted by atomic mass is 35.5. The lowest BCUT2D eigenvalue weighted by Crippen LogP contribution is -2.27. The molecular formula is C19H19ClN2O2S. The van der Waals surface area contributed by atoms with Crippen LogP contribution in [0.2, 0.25) is 5.15 Å². The first-order valence-electron chi connectivity index (χ1n) is 7.84. The van der Waals surface area contributed by atoms with Crippen molar-refractivity contribution in [2.75, 3.05) is 12.4 Å². The van der Waals surface area contributed by atoms with Crippen molar-refractivity contribution in [2.24, 2.45) is 5.41 Å². The Kier molecular flexibility index (Phi) is 4.71. The van der Waals surface area contributed by atoms with Gasteiger partial charge in [-0.25, -0.2) is 4.98 Å². The molecule has 2 aromatic heterocycles. The van der Waals surface area contributed by atoms with Crippen LogP contribution in [0.4, 0.5) is 5.69 Å². The number of benzene rings is 1. The minimum absolute atomic E-state index is 0.0992. The highest BCUT2D eigenvalue weighted by Gasteiger charge is 2.22. The largest absolute Gasteiger partial charge is 0.497 e. The van der Waals surface area contributed by atoms with Crippen molar-refractivity contribution >= 4 is 44.6 Å². The van der Waals surface area contributed by atoms with Gasteiger partial charge in [0.1, 0.15) is 5.75 Å². The maximum Gasteiger partial charge on any atom is 0.229 e. The fourth-order valence-corrected chi connectivity index (χ4v) is 3.50. The summed E-state index contributed by atoms with van der Waals surface area (Å²) in [7, 11) is 1.65. The molecule has 25 heavy (non-hydrogen) atoms. The van der Waals surface area contributed by atoms with Crippen LogP contribution in [0.3, 0.4) is 0 Å². The summed E-state index contributed by atoms with van der Waals surface area (Å²) in [6.45, 7) is 5.55. The van der Waals surface area contributed by atoms with Crippen LogP contribution >= 0.6 is 22.9 Å². The molecule has 0 bridgehead atoms. The zero-order chi connectivity index (χ0) is 18.2. The topological polar surface area (TPSA) is 51.2 Å². The summed E-state index contributed by atoms with van der Waals surface area (Å²) in [6.07, 6.45) is 0. The molecule has 0 saturated heterocycles. The number of halogens is 1. The second-order valence-corrected chi connectivity index (χ2v) is 8.20. The van der Waals surface area contributed by atoms with Gasteiger partial charge < -0.3 is 10.1 Å². The van der Waals surface area contributed by atoms with E-state index in [1.165, 1.54) is 0 Å². The van der Waals surface area contributed by atoms with Crippen LogP contribution in [0.1, 0.15) is 20.8 Å². The molecule has 0 saturated carbocycles. The van der Waals surface area contributed by atoms with Crippen LogP contribution < -0.4 is 10.1 Å². The smallest absolute Gasteiger partial charge is 0.229 e. The van der Waals surface area contributed by atoms with Crippen molar-refractivity contribution in [2.45, 2.75) is 20.8 Å². The quantitative estimate of drug-likeness (QED) is 0.606. The molecule has 0 unspecified atom stereocenters. The summed E-state index contributed by atoms with van der Waals surface area (Å²) in [4.78, 5) is 17.6. The number of hydrogen-bond donors (Lipinski definition) is 1. The van der Waals surface area contributed by atoms with Crippen molar-refractivity contribution in [1.29, 1.82) is 0 Å². The van der Waals surface area contributed by atoms with Crippen molar-refractivity contribution in [3.63, 3.8) is 0 Å². The third-order valence-corrected chi connectivity index (χ3v) is 5.17. The zero-order valence-corrected chi connectivity index (χ0v) is 16.1. The summed E-state index contributed by atoms with van der Waals surface area (Å²) in [5, 5.41) is 4.24. The molecule has 1 amide bonds. The number of fused-ring (bicyclic) bond motifs is 1. The van der Waals surface area contributed by atoms with E-state index in [1.54, 1.807) is 24.5 Å². The number of nitrogens with one attached hydrogen (secondary N) is 1. The van der Waals surface area contributed by atoms with Gasteiger partial charge in [-0.05, 0) is 41.8 Å². The number of aromatic nitrogens is 1. The third kappa shape index (κ3) is 3.78. The number of rotatable bonds is 3. The van der Waals surface area contributed by atoms with E-state index in [0.717, 1.165) is 26.4 Å². The fourth-order valence-electron chi connectivity index (χ4n) is 2.24. The first-order valence-corrected chi connectivity index (χ1v) is 9.03. The van der Waals surface area contributed by atoms with Gasteiger partial charge >= 0.3 is 0 Å². The normalized spacial score (nSPS) is 11.6. The number of carbonyl (C=O) groups excluding carboxylic acids is 1. The van der Waals surface area contributed by atoms with Crippen LogP contribution in [0, 0.1) is 5.41 Å². The van der Waals surface area contributed by atoms with Crippen LogP contribution in [-0.2, 0) is 4.79 Å². The minimum atomic E-state index is -0.494. The molecule has 0 aliphatic heterocycles. The van der Waals surface area contributed by atoms with Gasteiger partial charge in [-0.3, -0.25) is 4.79 Å². The van der Waals surface area contributed by atoms with Gasteiger partial charge in [-0.2, -0.15) is 0 Å². The van der Waals surface area contributed by atoms with E-state index >= 15 is 0 Å². The number of carbonyl (C=O) groups is 1. The summed E-state index contributed by atoms with van der Waals surface area (Å²) in [5.74, 6) is 0.727. The van der Waals surface area contributed by atoms with Gasteiger partial charge in [0.15, 0.2) is 5.15 Å². The van der Waals surface area contributed by atoms with Gasteiger partial charge in [-0.15, -0.1) is 11.3 Å². The molecule has 0 spiro atoms. The Labute approximate surface area is 155 Å². The van der Waals surface area contributed by atoms with Gasteiger partial charge in [0.05, 0.1) is 23.4 Å². The fraction of sp³-hybridized carbons (Fsp3) is 0.263. The standard InChI is InChI=1S/C19H19ClN2O2S/c1-19(2,3)18(23)22-14-8-7-13(21-17(14)20)16-9-11-5-6-12(24-4)10-15(11)25-16/h5-10H,1-4H3,(H,22,23). The Morgan fingerprint density at radius 3 is 2.60 bits per heavy atom. The molecule has 130 valence electrons. The lowest BCUT2D eigenvalue weighted by Gasteiger charge is -2.18. The second-order valence-electron chi connectivity index (χ2n) is 6.75. The molecule has 1 aromatic carbocycles. The van der Waals surface area contributed by atoms with Crippen molar-refractivity contribution in [1.82, 2.24) is 4.98 Å². The average Bonchev–Trinajstić information content (AvgIpc) is 2.98. The molecule has 3 aromatic rings. The zero-order valence-electron chi connectivity index (χ0n) is 14.5. The SMILES string of the molecule is COc1ccc2cc(-c3ccc(NC(=O)C(C)(C)C)c(Cl)n3)sc2c1. The molecule has 0 fully saturated rings. The highest BCUT2D eigenvalue weighted by molar-refractivity contribution is 7.22. The molecule has 4 nitrogen and oxygen atoms in total. The number of nitrogens with zero attached hydrogens (tertiary/aromatic N) is 1. The average molecular weight is 375 g/mol. The summed E-state index contributed by atoms with van der Waals surface area (Å²) in [5.41, 5.74) is 0.805. The number of amides is 1. The Morgan fingerprint density at radius 1 is 1.20 bits per heavy atom. The Morgan fingerprint density at radius 2 is 1.96 bits per heavy atom. The van der Waals surface area contributed by atoms with Gasteiger partial charge in [-0.1, -0.05) is 32.4 Å². The Balaban J connectivity index is 1.91. The molecule has 0 atom stereocenters. The van der Waals surface area contributed by atoms with Crippen LogP contribution in [0.15, 0.2) is 36.4 Å². The molecular weight excluding hydrogens is 356 g/mol. The molecule has 6 heteroatoms. The lowest BCUT2D eigenvalue weighted by molar-refractivity contribution is -0.123. The van der Waals surface area contributed by atoms with Crippen LogP contribution in [0.5, 0.6) is 5.75 Å². The van der Waals surface area contributed by atoms with Gasteiger partial charge in [0.2, 0.25) is 5.91 Å². The summed E-state index contributed by atoms with van der Waals surface area (Å²) in [6, 6.07) is 11.7. The molecule has 0 aliphatic rings. The number of pyridine rings is 1. The minimum Gasteiger partial charge on any atom is -0.497 e. The molecule has 0 radical (unpaired) electrons. The third-order valence-electron chi connectivity index (χ3n) is 3.76. The molecule has 3 rings (SSSR count). The first kappa shape index (κ1) is 17.7. The number of ether oxygens (including phenoxy) is 1. The first-order chi connectivity index (χ1) is 11.8. The predicted octanol–water partition coefficient (Wildman–Crippen LogP) is 5.61. The molecule has 0 aliphatic carbocycles. The van der Waals surface area contributed by atoms with Crippen molar-refractivity contribution in [3.8, 4) is 16.3 Å². The maximum absolute atomic E-state index is 12.1. The Hall–Kier alpha value is -2.11. The van der Waals surface area contributed by atoms with Gasteiger partial charge in [0, 0.05) is 10.1 Å². The molecule has 1 N–H and O–H groups in total. The van der Waals surface area contributed by atoms with Crippen LogP contribution in [-0.4, -0.2) is 18.0 Å². The van der Waals surface area contributed by atoms with E-state index in [1.807, 2.05) is 45.0 Å². The highest BCUT2D eigenvalue weighted by Crippen LogP contribution is 2.36. The maximum atomic E-state index is 12.1. The van der Waals surface area contributed by atoms with E-state index < -0.39 is 5.41 Å². The number of hydrogen-bond acceptors (Lipinski definition) is 4. The number of thiophene rings is 1. The Bertz CT molecular complexity index is 944. The lowest BCUT2D eigenvalue weighted by atomic mass is 9.95. The van der Waals surface area contributed by atoms with E-state index in [9.17, 15) is 4.79 Å². The van der Waals surface area contributed by atoms with Crippen LogP contribution in [0.25, 0.3) is 20.7 Å². The van der Waals surface area contributed by atoms with E-state index in [-0.39, 0.29) is 11.1 Å². The number of anilines is 1. The number of methoxy groups -OCH3 is 1. The van der Waals surface area contributed by atoms with Crippen molar-refractivity contribution in [3.05, 3.63) is 41.6 Å². The monoisotopic (exact) mass is 374 g/mol. The van der Waals surface area contributed by atoms with E-state index in [2.05, 4.69) is 16.4 Å². The molecule has 2 heterocycles. The van der Waals surface area contributed by atoms with Gasteiger partial charge in [0.25, 0.3) is 0 Å². The summed E-state index contributed by atoms with van der Waals surface area (Å²) >= 11 is 7.90. The van der Waals surface area contributed by atoms with E-state index in [0.29, 0.717) is 5.69 Å².